The number of fused-ring (bicyclic) bond motifs is 1. The first-order chi connectivity index (χ1) is 12.6. The number of ether oxygens (including phenoxy) is 2. The molecule has 0 saturated heterocycles. The summed E-state index contributed by atoms with van der Waals surface area (Å²) in [6.45, 7) is 4.70. The second-order valence-corrected chi connectivity index (χ2v) is 5.43. The van der Waals surface area contributed by atoms with Crippen LogP contribution in [0.2, 0.25) is 0 Å². The SMILES string of the molecule is CCOc1ccc(OCC)c(NC(=O)c2n[nH]c(=O)c3ccccc23)c1. The number of rotatable bonds is 6. The van der Waals surface area contributed by atoms with Crippen molar-refractivity contribution in [1.82, 2.24) is 10.2 Å². The molecule has 0 radical (unpaired) electrons. The molecule has 1 heterocycles. The van der Waals surface area contributed by atoms with Gasteiger partial charge in [0.25, 0.3) is 11.5 Å². The summed E-state index contributed by atoms with van der Waals surface area (Å²) in [6, 6.07) is 12.0. The molecule has 0 bridgehead atoms. The molecule has 0 saturated carbocycles. The Hall–Kier alpha value is -3.35. The van der Waals surface area contributed by atoms with E-state index in [4.69, 9.17) is 9.47 Å². The summed E-state index contributed by atoms with van der Waals surface area (Å²) in [5.41, 5.74) is 0.259. The highest BCUT2D eigenvalue weighted by Gasteiger charge is 2.16. The Labute approximate surface area is 150 Å². The number of hydrogen-bond acceptors (Lipinski definition) is 5. The molecule has 134 valence electrons. The molecule has 0 atom stereocenters. The smallest absolute Gasteiger partial charge is 0.276 e. The first-order valence-electron chi connectivity index (χ1n) is 8.32. The van der Waals surface area contributed by atoms with Gasteiger partial charge in [0.1, 0.15) is 11.5 Å². The lowest BCUT2D eigenvalue weighted by Crippen LogP contribution is -2.19. The lowest BCUT2D eigenvalue weighted by molar-refractivity contribution is 0.102. The van der Waals surface area contributed by atoms with Gasteiger partial charge in [0, 0.05) is 11.5 Å². The van der Waals surface area contributed by atoms with Gasteiger partial charge in [0.2, 0.25) is 0 Å². The molecule has 0 fully saturated rings. The number of nitrogens with one attached hydrogen (secondary N) is 2. The number of aromatic amines is 1. The number of H-pyrrole nitrogens is 1. The van der Waals surface area contributed by atoms with Gasteiger partial charge in [-0.1, -0.05) is 18.2 Å². The van der Waals surface area contributed by atoms with Crippen molar-refractivity contribution >= 4 is 22.4 Å². The summed E-state index contributed by atoms with van der Waals surface area (Å²) in [5.74, 6) is 0.690. The molecule has 0 aliphatic heterocycles. The molecular weight excluding hydrogens is 334 g/mol. The third kappa shape index (κ3) is 3.51. The van der Waals surface area contributed by atoms with E-state index < -0.39 is 5.91 Å². The van der Waals surface area contributed by atoms with E-state index in [-0.39, 0.29) is 11.3 Å². The van der Waals surface area contributed by atoms with Crippen molar-refractivity contribution in [1.29, 1.82) is 0 Å². The first kappa shape index (κ1) is 17.5. The number of aromatic nitrogens is 2. The van der Waals surface area contributed by atoms with E-state index in [0.29, 0.717) is 41.2 Å². The normalized spacial score (nSPS) is 10.5. The zero-order valence-corrected chi connectivity index (χ0v) is 14.5. The third-order valence-corrected chi connectivity index (χ3v) is 3.72. The topological polar surface area (TPSA) is 93.3 Å². The highest BCUT2D eigenvalue weighted by atomic mass is 16.5. The van der Waals surface area contributed by atoms with Gasteiger partial charge in [-0.3, -0.25) is 9.59 Å². The van der Waals surface area contributed by atoms with Crippen molar-refractivity contribution < 1.29 is 14.3 Å². The van der Waals surface area contributed by atoms with Gasteiger partial charge in [-0.2, -0.15) is 5.10 Å². The average Bonchev–Trinajstić information content (AvgIpc) is 2.64. The highest BCUT2D eigenvalue weighted by molar-refractivity contribution is 6.11. The van der Waals surface area contributed by atoms with Crippen LogP contribution in [0.4, 0.5) is 5.69 Å². The minimum atomic E-state index is -0.452. The highest BCUT2D eigenvalue weighted by Crippen LogP contribution is 2.30. The standard InChI is InChI=1S/C19H19N3O4/c1-3-25-12-9-10-16(26-4-2)15(11-12)20-19(24)17-13-7-5-6-8-14(13)18(23)22-21-17/h5-11H,3-4H2,1-2H3,(H,20,24)(H,22,23). The second-order valence-electron chi connectivity index (χ2n) is 5.43. The quantitative estimate of drug-likeness (QED) is 0.711. The number of hydrogen-bond donors (Lipinski definition) is 2. The van der Waals surface area contributed by atoms with Crippen molar-refractivity contribution in [2.75, 3.05) is 18.5 Å². The van der Waals surface area contributed by atoms with Crippen LogP contribution < -0.4 is 20.3 Å². The second kappa shape index (κ2) is 7.69. The van der Waals surface area contributed by atoms with Crippen molar-refractivity contribution in [3.05, 3.63) is 58.5 Å². The molecule has 0 spiro atoms. The maximum Gasteiger partial charge on any atom is 0.276 e. The minimum absolute atomic E-state index is 0.129. The van der Waals surface area contributed by atoms with Crippen LogP contribution >= 0.6 is 0 Å². The van der Waals surface area contributed by atoms with Crippen LogP contribution in [-0.2, 0) is 0 Å². The summed E-state index contributed by atoms with van der Waals surface area (Å²) in [7, 11) is 0. The van der Waals surface area contributed by atoms with Crippen LogP contribution in [-0.4, -0.2) is 29.3 Å². The molecule has 3 aromatic rings. The molecule has 7 nitrogen and oxygen atoms in total. The van der Waals surface area contributed by atoms with Gasteiger partial charge in [-0.05, 0) is 32.0 Å². The van der Waals surface area contributed by atoms with Crippen molar-refractivity contribution in [3.8, 4) is 11.5 Å². The van der Waals surface area contributed by atoms with Gasteiger partial charge in [-0.25, -0.2) is 5.10 Å². The zero-order chi connectivity index (χ0) is 18.5. The Kier molecular flexibility index (Phi) is 5.17. The van der Waals surface area contributed by atoms with Crippen LogP contribution in [0.25, 0.3) is 10.8 Å². The molecule has 2 aromatic carbocycles. The Morgan fingerprint density at radius 1 is 1.08 bits per heavy atom. The molecule has 7 heteroatoms. The van der Waals surface area contributed by atoms with Crippen LogP contribution in [0.15, 0.2) is 47.3 Å². The van der Waals surface area contributed by atoms with Crippen molar-refractivity contribution in [3.63, 3.8) is 0 Å². The van der Waals surface area contributed by atoms with E-state index in [9.17, 15) is 9.59 Å². The van der Waals surface area contributed by atoms with Crippen molar-refractivity contribution in [2.24, 2.45) is 0 Å². The molecular formula is C19H19N3O4. The number of benzene rings is 2. The maximum absolute atomic E-state index is 12.8. The van der Waals surface area contributed by atoms with Crippen LogP contribution in [0.3, 0.4) is 0 Å². The summed E-state index contributed by atoms with van der Waals surface area (Å²) in [5, 5.41) is 9.95. The lowest BCUT2D eigenvalue weighted by atomic mass is 10.1. The summed E-state index contributed by atoms with van der Waals surface area (Å²) < 4.78 is 11.0. The van der Waals surface area contributed by atoms with Gasteiger partial charge in [0.15, 0.2) is 5.69 Å². The van der Waals surface area contributed by atoms with E-state index in [1.54, 1.807) is 42.5 Å². The summed E-state index contributed by atoms with van der Waals surface area (Å²) >= 11 is 0. The molecule has 26 heavy (non-hydrogen) atoms. The van der Waals surface area contributed by atoms with Crippen LogP contribution in [0.1, 0.15) is 24.3 Å². The van der Waals surface area contributed by atoms with E-state index in [2.05, 4.69) is 15.5 Å². The van der Waals surface area contributed by atoms with Gasteiger partial charge < -0.3 is 14.8 Å². The lowest BCUT2D eigenvalue weighted by Gasteiger charge is -2.13. The average molecular weight is 353 g/mol. The number of carbonyl (C=O) groups is 1. The number of anilines is 1. The summed E-state index contributed by atoms with van der Waals surface area (Å²) in [4.78, 5) is 24.7. The minimum Gasteiger partial charge on any atom is -0.494 e. The van der Waals surface area contributed by atoms with Gasteiger partial charge in [-0.15, -0.1) is 0 Å². The predicted octanol–water partition coefficient (Wildman–Crippen LogP) is 2.97. The predicted molar refractivity (Wildman–Crippen MR) is 99.1 cm³/mol. The van der Waals surface area contributed by atoms with E-state index in [1.165, 1.54) is 0 Å². The zero-order valence-electron chi connectivity index (χ0n) is 14.5. The van der Waals surface area contributed by atoms with Gasteiger partial charge >= 0.3 is 0 Å². The molecule has 0 unspecified atom stereocenters. The van der Waals surface area contributed by atoms with Crippen LogP contribution in [0, 0.1) is 0 Å². The molecule has 1 amide bonds. The van der Waals surface area contributed by atoms with E-state index in [0.717, 1.165) is 0 Å². The largest absolute Gasteiger partial charge is 0.494 e. The third-order valence-electron chi connectivity index (χ3n) is 3.72. The van der Waals surface area contributed by atoms with Crippen LogP contribution in [0.5, 0.6) is 11.5 Å². The number of nitrogens with zero attached hydrogens (tertiary/aromatic N) is 1. The number of carbonyl (C=O) groups excluding carboxylic acids is 1. The fourth-order valence-electron chi connectivity index (χ4n) is 2.61. The molecule has 3 rings (SSSR count). The monoisotopic (exact) mass is 353 g/mol. The molecule has 1 aromatic heterocycles. The summed E-state index contributed by atoms with van der Waals surface area (Å²) in [6.07, 6.45) is 0. The Morgan fingerprint density at radius 2 is 1.81 bits per heavy atom. The Morgan fingerprint density at radius 3 is 2.54 bits per heavy atom. The Bertz CT molecular complexity index is 997. The molecule has 0 aliphatic rings. The van der Waals surface area contributed by atoms with E-state index in [1.807, 2.05) is 13.8 Å². The fourth-order valence-corrected chi connectivity index (χ4v) is 2.61. The first-order valence-corrected chi connectivity index (χ1v) is 8.32. The molecule has 0 aliphatic carbocycles. The number of amides is 1. The van der Waals surface area contributed by atoms with E-state index >= 15 is 0 Å². The van der Waals surface area contributed by atoms with Gasteiger partial charge in [0.05, 0.1) is 24.3 Å². The maximum atomic E-state index is 12.8. The Balaban J connectivity index is 1.99. The van der Waals surface area contributed by atoms with Crippen molar-refractivity contribution in [2.45, 2.75) is 13.8 Å². The molecule has 2 N–H and O–H groups in total. The fraction of sp³-hybridized carbons (Fsp3) is 0.211.